The summed E-state index contributed by atoms with van der Waals surface area (Å²) >= 11 is 0. The minimum Gasteiger partial charge on any atom is -0.495 e. The van der Waals surface area contributed by atoms with E-state index in [-0.39, 0.29) is 36.0 Å². The molecule has 1 saturated carbocycles. The summed E-state index contributed by atoms with van der Waals surface area (Å²) in [7, 11) is -2.14. The number of ether oxygens (including phenoxy) is 3. The molecule has 8 nitrogen and oxygen atoms in total. The van der Waals surface area contributed by atoms with E-state index in [1.165, 1.54) is 25.3 Å². The van der Waals surface area contributed by atoms with Gasteiger partial charge in [0.2, 0.25) is 15.9 Å². The van der Waals surface area contributed by atoms with Gasteiger partial charge in [-0.2, -0.15) is 0 Å². The molecule has 1 unspecified atom stereocenters. The summed E-state index contributed by atoms with van der Waals surface area (Å²) in [4.78, 5) is 12.3. The lowest BCUT2D eigenvalue weighted by Gasteiger charge is -2.13. The van der Waals surface area contributed by atoms with Gasteiger partial charge in [-0.3, -0.25) is 4.79 Å². The van der Waals surface area contributed by atoms with Crippen LogP contribution in [0.3, 0.4) is 0 Å². The van der Waals surface area contributed by atoms with E-state index in [0.29, 0.717) is 18.0 Å². The normalized spacial score (nSPS) is 19.8. The van der Waals surface area contributed by atoms with Crippen LogP contribution in [0, 0.1) is 0 Å². The standard InChI is InChI=1S/C18H26N2O6S/c1-24-17-7-6-15(27(22,23)20-13-4-5-13)11-16(17)19-18(21)8-10-25-12-14-3-2-9-26-14/h6-7,11,13-14,20H,2-5,8-10,12H2,1H3,(H,19,21). The van der Waals surface area contributed by atoms with Gasteiger partial charge in [-0.1, -0.05) is 0 Å². The van der Waals surface area contributed by atoms with E-state index in [1.54, 1.807) is 0 Å². The Hall–Kier alpha value is -1.68. The fourth-order valence-corrected chi connectivity index (χ4v) is 4.14. The summed E-state index contributed by atoms with van der Waals surface area (Å²) in [6.45, 7) is 1.52. The van der Waals surface area contributed by atoms with Crippen LogP contribution < -0.4 is 14.8 Å². The molecule has 1 saturated heterocycles. The Morgan fingerprint density at radius 1 is 1.30 bits per heavy atom. The zero-order valence-electron chi connectivity index (χ0n) is 15.4. The van der Waals surface area contributed by atoms with Gasteiger partial charge in [0.05, 0.1) is 43.4 Å². The molecule has 1 atom stereocenters. The number of nitrogens with one attached hydrogen (secondary N) is 2. The summed E-state index contributed by atoms with van der Waals surface area (Å²) < 4.78 is 43.5. The van der Waals surface area contributed by atoms with Crippen LogP contribution >= 0.6 is 0 Å². The first-order chi connectivity index (χ1) is 13.0. The number of carbonyl (C=O) groups excluding carboxylic acids is 1. The van der Waals surface area contributed by atoms with Crippen molar-refractivity contribution < 1.29 is 27.4 Å². The van der Waals surface area contributed by atoms with Crippen LogP contribution in [0.25, 0.3) is 0 Å². The molecule has 0 aromatic heterocycles. The Morgan fingerprint density at radius 3 is 2.78 bits per heavy atom. The SMILES string of the molecule is COc1ccc(S(=O)(=O)NC2CC2)cc1NC(=O)CCOCC1CCCO1. The van der Waals surface area contributed by atoms with Crippen LogP contribution in [0.2, 0.25) is 0 Å². The summed E-state index contributed by atoms with van der Waals surface area (Å²) in [5, 5.41) is 2.70. The van der Waals surface area contributed by atoms with Crippen molar-refractivity contribution >= 4 is 21.6 Å². The van der Waals surface area contributed by atoms with Gasteiger partial charge in [-0.25, -0.2) is 13.1 Å². The van der Waals surface area contributed by atoms with Crippen molar-refractivity contribution in [2.24, 2.45) is 0 Å². The molecule has 1 aromatic carbocycles. The molecule has 1 aliphatic carbocycles. The Labute approximate surface area is 159 Å². The maximum Gasteiger partial charge on any atom is 0.240 e. The molecule has 27 heavy (non-hydrogen) atoms. The highest BCUT2D eigenvalue weighted by Gasteiger charge is 2.28. The molecule has 150 valence electrons. The van der Waals surface area contributed by atoms with E-state index in [2.05, 4.69) is 10.0 Å². The Balaban J connectivity index is 1.55. The molecule has 0 spiro atoms. The zero-order valence-corrected chi connectivity index (χ0v) is 16.2. The Bertz CT molecular complexity index is 757. The smallest absolute Gasteiger partial charge is 0.240 e. The number of sulfonamides is 1. The molecule has 1 heterocycles. The van der Waals surface area contributed by atoms with E-state index in [0.717, 1.165) is 32.3 Å². The topological polar surface area (TPSA) is 103 Å². The van der Waals surface area contributed by atoms with Crippen LogP contribution in [0.4, 0.5) is 5.69 Å². The average molecular weight is 398 g/mol. The second-order valence-corrected chi connectivity index (χ2v) is 8.48. The van der Waals surface area contributed by atoms with Crippen molar-refractivity contribution in [2.45, 2.75) is 49.1 Å². The first kappa shape index (κ1) is 20.1. The van der Waals surface area contributed by atoms with Crippen molar-refractivity contribution in [3.05, 3.63) is 18.2 Å². The van der Waals surface area contributed by atoms with Crippen molar-refractivity contribution in [1.29, 1.82) is 0 Å². The van der Waals surface area contributed by atoms with Gasteiger partial charge in [0.15, 0.2) is 0 Å². The molecule has 9 heteroatoms. The molecular weight excluding hydrogens is 372 g/mol. The molecule has 1 aliphatic heterocycles. The number of hydrogen-bond acceptors (Lipinski definition) is 6. The third-order valence-electron chi connectivity index (χ3n) is 4.46. The fourth-order valence-electron chi connectivity index (χ4n) is 2.81. The molecule has 0 radical (unpaired) electrons. The molecular formula is C18H26N2O6S. The lowest BCUT2D eigenvalue weighted by molar-refractivity contribution is -0.117. The van der Waals surface area contributed by atoms with Gasteiger partial charge < -0.3 is 19.5 Å². The van der Waals surface area contributed by atoms with Crippen LogP contribution in [0.15, 0.2) is 23.1 Å². The monoisotopic (exact) mass is 398 g/mol. The fraction of sp³-hybridized carbons (Fsp3) is 0.611. The van der Waals surface area contributed by atoms with Crippen LogP contribution in [-0.2, 0) is 24.3 Å². The van der Waals surface area contributed by atoms with Gasteiger partial charge in [0, 0.05) is 12.6 Å². The van der Waals surface area contributed by atoms with Gasteiger partial charge in [-0.15, -0.1) is 0 Å². The maximum atomic E-state index is 12.4. The minimum atomic E-state index is -3.61. The molecule has 2 N–H and O–H groups in total. The molecule has 1 amide bonds. The van der Waals surface area contributed by atoms with Crippen molar-refractivity contribution in [1.82, 2.24) is 4.72 Å². The van der Waals surface area contributed by atoms with Gasteiger partial charge in [0.25, 0.3) is 0 Å². The lowest BCUT2D eigenvalue weighted by Crippen LogP contribution is -2.26. The number of rotatable bonds is 10. The highest BCUT2D eigenvalue weighted by Crippen LogP contribution is 2.29. The number of hydrogen-bond donors (Lipinski definition) is 2. The van der Waals surface area contributed by atoms with E-state index < -0.39 is 10.0 Å². The van der Waals surface area contributed by atoms with E-state index in [9.17, 15) is 13.2 Å². The number of methoxy groups -OCH3 is 1. The van der Waals surface area contributed by atoms with Crippen LogP contribution in [0.1, 0.15) is 32.1 Å². The first-order valence-corrected chi connectivity index (χ1v) is 10.7. The third kappa shape index (κ3) is 5.90. The summed E-state index contributed by atoms with van der Waals surface area (Å²) in [5.41, 5.74) is 0.320. The average Bonchev–Trinajstić information content (AvgIpc) is 3.28. The minimum absolute atomic E-state index is 0.0103. The quantitative estimate of drug-likeness (QED) is 0.581. The van der Waals surface area contributed by atoms with E-state index in [1.807, 2.05) is 0 Å². The second kappa shape index (κ2) is 9.01. The largest absolute Gasteiger partial charge is 0.495 e. The Kier molecular flexibility index (Phi) is 6.69. The molecule has 0 bridgehead atoms. The second-order valence-electron chi connectivity index (χ2n) is 6.77. The van der Waals surface area contributed by atoms with Crippen molar-refractivity contribution in [3.63, 3.8) is 0 Å². The molecule has 2 fully saturated rings. The summed E-state index contributed by atoms with van der Waals surface area (Å²) in [5.74, 6) is 0.124. The van der Waals surface area contributed by atoms with E-state index in [4.69, 9.17) is 14.2 Å². The number of benzene rings is 1. The zero-order chi connectivity index (χ0) is 19.3. The number of amides is 1. The predicted molar refractivity (Wildman–Crippen MR) is 99.4 cm³/mol. The summed E-state index contributed by atoms with van der Waals surface area (Å²) in [6.07, 6.45) is 4.01. The van der Waals surface area contributed by atoms with Gasteiger partial charge in [-0.05, 0) is 43.9 Å². The van der Waals surface area contributed by atoms with Crippen LogP contribution in [-0.4, -0.2) is 53.4 Å². The van der Waals surface area contributed by atoms with Gasteiger partial charge in [0.1, 0.15) is 5.75 Å². The van der Waals surface area contributed by atoms with E-state index >= 15 is 0 Å². The van der Waals surface area contributed by atoms with Gasteiger partial charge >= 0.3 is 0 Å². The number of carbonyl (C=O) groups is 1. The lowest BCUT2D eigenvalue weighted by atomic mass is 10.2. The molecule has 2 aliphatic rings. The first-order valence-electron chi connectivity index (χ1n) is 9.17. The maximum absolute atomic E-state index is 12.4. The van der Waals surface area contributed by atoms with Crippen molar-refractivity contribution in [2.75, 3.05) is 32.2 Å². The molecule has 3 rings (SSSR count). The Morgan fingerprint density at radius 2 is 2.11 bits per heavy atom. The molecule has 1 aromatic rings. The highest BCUT2D eigenvalue weighted by atomic mass is 32.2. The predicted octanol–water partition coefficient (Wildman–Crippen LogP) is 1.66. The summed E-state index contributed by atoms with van der Waals surface area (Å²) in [6, 6.07) is 4.42. The highest BCUT2D eigenvalue weighted by molar-refractivity contribution is 7.89. The third-order valence-corrected chi connectivity index (χ3v) is 5.97. The van der Waals surface area contributed by atoms with Crippen LogP contribution in [0.5, 0.6) is 5.75 Å². The van der Waals surface area contributed by atoms with Crippen molar-refractivity contribution in [3.8, 4) is 5.75 Å². The number of anilines is 1.